The number of amides is 3. The molecule has 0 radical (unpaired) electrons. The summed E-state index contributed by atoms with van der Waals surface area (Å²) >= 11 is 7.95. The number of hydrogen-bond donors (Lipinski definition) is 1. The number of thioether (sulfide) groups is 1. The Hall–Kier alpha value is -1.44. The van der Waals surface area contributed by atoms with Gasteiger partial charge in [0.2, 0.25) is 5.91 Å². The molecule has 0 spiro atoms. The molecule has 4 rings (SSSR count). The third kappa shape index (κ3) is 5.24. The summed E-state index contributed by atoms with van der Waals surface area (Å²) < 4.78 is 0. The van der Waals surface area contributed by atoms with Gasteiger partial charge in [-0.05, 0) is 37.0 Å². The van der Waals surface area contributed by atoms with Crippen molar-refractivity contribution in [2.45, 2.75) is 31.7 Å². The summed E-state index contributed by atoms with van der Waals surface area (Å²) in [5.41, 5.74) is 0.705. The number of carbonyl (C=O) groups excluding carboxylic acids is 2. The number of urea groups is 1. The number of piperazine rings is 1. The Bertz CT molecular complexity index is 744. The van der Waals surface area contributed by atoms with Crippen molar-refractivity contribution in [3.63, 3.8) is 0 Å². The zero-order chi connectivity index (χ0) is 20.9. The summed E-state index contributed by atoms with van der Waals surface area (Å²) in [6, 6.07) is 7.08. The van der Waals surface area contributed by atoms with Crippen LogP contribution in [0.15, 0.2) is 24.3 Å². The third-order valence-electron chi connectivity index (χ3n) is 6.49. The summed E-state index contributed by atoms with van der Waals surface area (Å²) in [5.74, 6) is 2.86. The molecule has 3 amide bonds. The normalized spacial score (nSPS) is 22.2. The van der Waals surface area contributed by atoms with Crippen LogP contribution < -0.4 is 5.32 Å². The summed E-state index contributed by atoms with van der Waals surface area (Å²) in [6.45, 7) is 4.51. The number of rotatable bonds is 4. The van der Waals surface area contributed by atoms with Gasteiger partial charge in [0.1, 0.15) is 0 Å². The van der Waals surface area contributed by atoms with Crippen molar-refractivity contribution in [2.75, 3.05) is 56.1 Å². The summed E-state index contributed by atoms with van der Waals surface area (Å²) in [5, 5.41) is 3.54. The van der Waals surface area contributed by atoms with Crippen LogP contribution in [0, 0.1) is 5.92 Å². The molecule has 2 saturated heterocycles. The van der Waals surface area contributed by atoms with Gasteiger partial charge in [0.05, 0.1) is 6.04 Å². The molecule has 1 saturated carbocycles. The highest BCUT2D eigenvalue weighted by Crippen LogP contribution is 2.32. The lowest BCUT2D eigenvalue weighted by Crippen LogP contribution is -2.59. The van der Waals surface area contributed by atoms with E-state index in [2.05, 4.69) is 15.1 Å². The first-order valence-electron chi connectivity index (χ1n) is 11.0. The molecule has 0 aromatic heterocycles. The molecule has 0 bridgehead atoms. The number of nitrogens with one attached hydrogen (secondary N) is 1. The van der Waals surface area contributed by atoms with Gasteiger partial charge in [-0.3, -0.25) is 9.69 Å². The lowest BCUT2D eigenvalue weighted by Gasteiger charge is -2.43. The largest absolute Gasteiger partial charge is 0.340 e. The fourth-order valence-electron chi connectivity index (χ4n) is 4.87. The van der Waals surface area contributed by atoms with Crippen LogP contribution in [0.5, 0.6) is 0 Å². The first-order chi connectivity index (χ1) is 14.6. The monoisotopic (exact) mass is 450 g/mol. The van der Waals surface area contributed by atoms with Crippen molar-refractivity contribution in [1.29, 1.82) is 0 Å². The second kappa shape index (κ2) is 10.2. The second-order valence-electron chi connectivity index (χ2n) is 8.39. The van der Waals surface area contributed by atoms with Crippen LogP contribution in [0.3, 0.4) is 0 Å². The molecule has 2 aliphatic heterocycles. The van der Waals surface area contributed by atoms with Gasteiger partial charge in [0.25, 0.3) is 0 Å². The first-order valence-corrected chi connectivity index (χ1v) is 12.6. The van der Waals surface area contributed by atoms with Crippen molar-refractivity contribution < 1.29 is 9.59 Å². The van der Waals surface area contributed by atoms with E-state index in [-0.39, 0.29) is 12.1 Å². The highest BCUT2D eigenvalue weighted by Gasteiger charge is 2.39. The van der Waals surface area contributed by atoms with E-state index in [1.165, 1.54) is 12.8 Å². The maximum atomic E-state index is 13.4. The predicted octanol–water partition coefficient (Wildman–Crippen LogP) is 3.62. The van der Waals surface area contributed by atoms with Crippen molar-refractivity contribution >= 4 is 41.0 Å². The van der Waals surface area contributed by atoms with Crippen LogP contribution in [0.4, 0.5) is 10.5 Å². The zero-order valence-electron chi connectivity index (χ0n) is 17.4. The number of anilines is 1. The zero-order valence-corrected chi connectivity index (χ0v) is 19.0. The SMILES string of the molecule is O=C(Nc1cccc(Cl)c1)N1CCN(C(C(=O)N2CCSCC2)C2CCCC2)CC1. The van der Waals surface area contributed by atoms with E-state index in [1.807, 2.05) is 28.8 Å². The van der Waals surface area contributed by atoms with Crippen LogP contribution in [0.25, 0.3) is 0 Å². The molecule has 1 atom stereocenters. The molecule has 1 aliphatic carbocycles. The molecule has 164 valence electrons. The minimum atomic E-state index is -0.103. The average molecular weight is 451 g/mol. The molecule has 1 unspecified atom stereocenters. The molecule has 1 aromatic carbocycles. The van der Waals surface area contributed by atoms with Gasteiger partial charge in [-0.2, -0.15) is 11.8 Å². The summed E-state index contributed by atoms with van der Waals surface area (Å²) in [4.78, 5) is 32.4. The Kier molecular flexibility index (Phi) is 7.44. The third-order valence-corrected chi connectivity index (χ3v) is 7.67. The van der Waals surface area contributed by atoms with Gasteiger partial charge in [0, 0.05) is 61.5 Å². The highest BCUT2D eigenvalue weighted by molar-refractivity contribution is 7.99. The Balaban J connectivity index is 1.37. The van der Waals surface area contributed by atoms with Gasteiger partial charge in [-0.1, -0.05) is 30.5 Å². The lowest BCUT2D eigenvalue weighted by atomic mass is 9.94. The van der Waals surface area contributed by atoms with E-state index < -0.39 is 0 Å². The first kappa shape index (κ1) is 21.8. The van der Waals surface area contributed by atoms with Crippen molar-refractivity contribution in [3.8, 4) is 0 Å². The van der Waals surface area contributed by atoms with E-state index in [0.717, 1.165) is 50.5 Å². The van der Waals surface area contributed by atoms with Crippen LogP contribution in [0.1, 0.15) is 25.7 Å². The highest BCUT2D eigenvalue weighted by atomic mass is 35.5. The van der Waals surface area contributed by atoms with Crippen LogP contribution >= 0.6 is 23.4 Å². The van der Waals surface area contributed by atoms with Gasteiger partial charge in [0.15, 0.2) is 0 Å². The Morgan fingerprint density at radius 2 is 1.70 bits per heavy atom. The number of benzene rings is 1. The molecular formula is C22H31ClN4O2S. The molecule has 2 heterocycles. The van der Waals surface area contributed by atoms with E-state index >= 15 is 0 Å². The standard InChI is InChI=1S/C22H31ClN4O2S/c23-18-6-3-7-19(16-18)24-22(29)27-10-8-25(9-11-27)20(17-4-1-2-5-17)21(28)26-12-14-30-15-13-26/h3,6-7,16-17,20H,1-2,4-5,8-15H2,(H,24,29). The minimum Gasteiger partial charge on any atom is -0.340 e. The average Bonchev–Trinajstić information content (AvgIpc) is 3.29. The van der Waals surface area contributed by atoms with Gasteiger partial charge in [-0.25, -0.2) is 4.79 Å². The summed E-state index contributed by atoms with van der Waals surface area (Å²) in [6.07, 6.45) is 4.75. The Labute approximate surface area is 188 Å². The van der Waals surface area contributed by atoms with E-state index in [1.54, 1.807) is 12.1 Å². The van der Waals surface area contributed by atoms with Crippen molar-refractivity contribution in [1.82, 2.24) is 14.7 Å². The van der Waals surface area contributed by atoms with Crippen LogP contribution in [-0.4, -0.2) is 83.5 Å². The number of hydrogen-bond acceptors (Lipinski definition) is 4. The maximum absolute atomic E-state index is 13.4. The molecule has 3 aliphatic rings. The second-order valence-corrected chi connectivity index (χ2v) is 10.1. The molecule has 1 N–H and O–H groups in total. The molecule has 8 heteroatoms. The van der Waals surface area contributed by atoms with Gasteiger partial charge in [-0.15, -0.1) is 0 Å². The maximum Gasteiger partial charge on any atom is 0.321 e. The van der Waals surface area contributed by atoms with Crippen molar-refractivity contribution in [3.05, 3.63) is 29.3 Å². The van der Waals surface area contributed by atoms with E-state index in [9.17, 15) is 9.59 Å². The lowest BCUT2D eigenvalue weighted by molar-refractivity contribution is -0.139. The quantitative estimate of drug-likeness (QED) is 0.761. The fraction of sp³-hybridized carbons (Fsp3) is 0.636. The van der Waals surface area contributed by atoms with Crippen molar-refractivity contribution in [2.24, 2.45) is 5.92 Å². The van der Waals surface area contributed by atoms with Crippen LogP contribution in [0.2, 0.25) is 5.02 Å². The smallest absolute Gasteiger partial charge is 0.321 e. The molecule has 30 heavy (non-hydrogen) atoms. The van der Waals surface area contributed by atoms with Crippen LogP contribution in [-0.2, 0) is 4.79 Å². The topological polar surface area (TPSA) is 55.9 Å². The number of nitrogens with zero attached hydrogens (tertiary/aromatic N) is 3. The molecule has 1 aromatic rings. The number of halogens is 1. The fourth-order valence-corrected chi connectivity index (χ4v) is 5.97. The van der Waals surface area contributed by atoms with Gasteiger partial charge >= 0.3 is 6.03 Å². The van der Waals surface area contributed by atoms with Gasteiger partial charge < -0.3 is 15.1 Å². The van der Waals surface area contributed by atoms with E-state index in [4.69, 9.17) is 11.6 Å². The Morgan fingerprint density at radius 3 is 2.37 bits per heavy atom. The van der Waals surface area contributed by atoms with E-state index in [0.29, 0.717) is 35.6 Å². The minimum absolute atomic E-state index is 0.0197. The Morgan fingerprint density at radius 1 is 1.00 bits per heavy atom. The predicted molar refractivity (Wildman–Crippen MR) is 123 cm³/mol. The summed E-state index contributed by atoms with van der Waals surface area (Å²) in [7, 11) is 0. The molecular weight excluding hydrogens is 420 g/mol. The molecule has 3 fully saturated rings. The number of carbonyl (C=O) groups is 2. The molecule has 6 nitrogen and oxygen atoms in total.